The van der Waals surface area contributed by atoms with Crippen molar-refractivity contribution in [1.29, 1.82) is 0 Å². The van der Waals surface area contributed by atoms with Crippen molar-refractivity contribution in [3.63, 3.8) is 0 Å². The zero-order chi connectivity index (χ0) is 14.3. The van der Waals surface area contributed by atoms with Crippen LogP contribution in [-0.4, -0.2) is 39.6 Å². The summed E-state index contributed by atoms with van der Waals surface area (Å²) >= 11 is 0.461. The summed E-state index contributed by atoms with van der Waals surface area (Å²) < 4.78 is 107. The van der Waals surface area contributed by atoms with Crippen molar-refractivity contribution in [2.75, 3.05) is 6.61 Å². The molecule has 11 heteroatoms. The molecule has 1 N–H and O–H groups in total. The van der Waals surface area contributed by atoms with E-state index in [1.807, 2.05) is 0 Å². The Labute approximate surface area is 102 Å². The Morgan fingerprint density at radius 3 is 1.41 bits per heavy atom. The van der Waals surface area contributed by atoms with Gasteiger partial charge in [0, 0.05) is 0 Å². The molecule has 0 aliphatic heterocycles. The van der Waals surface area contributed by atoms with Crippen LogP contribution in [-0.2, 0) is 0 Å². The third-order valence-electron chi connectivity index (χ3n) is 1.72. The van der Waals surface area contributed by atoms with Gasteiger partial charge >= 0.3 is 23.9 Å². The molecule has 0 rings (SSSR count). The van der Waals surface area contributed by atoms with Gasteiger partial charge in [0.2, 0.25) is 0 Å². The van der Waals surface area contributed by atoms with Crippen molar-refractivity contribution in [3.05, 3.63) is 0 Å². The summed E-state index contributed by atoms with van der Waals surface area (Å²) in [6.07, 6.45) is -6.83. The summed E-state index contributed by atoms with van der Waals surface area (Å²) in [4.78, 5) is 0. The van der Waals surface area contributed by atoms with Crippen molar-refractivity contribution in [2.45, 2.75) is 27.9 Å². The van der Waals surface area contributed by atoms with E-state index in [2.05, 4.69) is 0 Å². The Morgan fingerprint density at radius 1 is 0.824 bits per heavy atom. The van der Waals surface area contributed by atoms with E-state index < -0.39 is 34.5 Å². The Hall–Kier alpha value is 0.0600. The van der Waals surface area contributed by atoms with Gasteiger partial charge in [-0.05, 0) is 0 Å². The molecule has 0 heterocycles. The maximum atomic E-state index is 12.7. The Kier molecular flexibility index (Phi) is 4.64. The van der Waals surface area contributed by atoms with E-state index in [1.54, 1.807) is 0 Å². The van der Waals surface area contributed by atoms with Crippen LogP contribution in [0.2, 0.25) is 0 Å². The second-order valence-electron chi connectivity index (χ2n) is 2.92. The van der Waals surface area contributed by atoms with Crippen LogP contribution in [0.25, 0.3) is 0 Å². The number of halogens is 10. The van der Waals surface area contributed by atoms with Crippen molar-refractivity contribution in [3.8, 4) is 0 Å². The van der Waals surface area contributed by atoms with Crippen LogP contribution >= 0.6 is 22.6 Å². The molecular weight excluding hydrogens is 386 g/mol. The number of aliphatic hydroxyl groups excluding tert-OH is 1. The molecule has 0 aliphatic carbocycles. The van der Waals surface area contributed by atoms with Gasteiger partial charge in [-0.25, -0.2) is 0 Å². The summed E-state index contributed by atoms with van der Waals surface area (Å²) in [7, 11) is 0. The van der Waals surface area contributed by atoms with Gasteiger partial charge in [-0.1, -0.05) is 22.6 Å². The minimum Gasteiger partial charge on any atom is -0.395 e. The van der Waals surface area contributed by atoms with Gasteiger partial charge < -0.3 is 5.11 Å². The van der Waals surface area contributed by atoms with Crippen LogP contribution in [0.4, 0.5) is 39.5 Å². The predicted octanol–water partition coefficient (Wildman–Crippen LogP) is 3.25. The van der Waals surface area contributed by atoms with E-state index in [9.17, 15) is 39.5 Å². The zero-order valence-corrected chi connectivity index (χ0v) is 9.67. The molecule has 0 fully saturated rings. The lowest BCUT2D eigenvalue weighted by atomic mass is 10.0. The van der Waals surface area contributed by atoms with E-state index in [1.165, 1.54) is 0 Å². The smallest absolute Gasteiger partial charge is 0.395 e. The minimum atomic E-state index is -6.90. The van der Waals surface area contributed by atoms with Crippen LogP contribution in [0.1, 0.15) is 0 Å². The van der Waals surface area contributed by atoms with Gasteiger partial charge in [0.25, 0.3) is 0 Å². The second kappa shape index (κ2) is 4.63. The summed E-state index contributed by atoms with van der Waals surface area (Å²) in [5, 5.41) is 8.16. The highest BCUT2D eigenvalue weighted by Gasteiger charge is 2.82. The van der Waals surface area contributed by atoms with Crippen molar-refractivity contribution in [1.82, 2.24) is 0 Å². The third-order valence-corrected chi connectivity index (χ3v) is 2.90. The molecular formula is C6H4F9IO. The molecule has 0 aromatic heterocycles. The lowest BCUT2D eigenvalue weighted by molar-refractivity contribution is -0.395. The summed E-state index contributed by atoms with van der Waals surface area (Å²) in [5.41, 5.74) is 0. The van der Waals surface area contributed by atoms with E-state index >= 15 is 0 Å². The van der Waals surface area contributed by atoms with Gasteiger partial charge in [-0.2, -0.15) is 39.5 Å². The number of aliphatic hydroxyl groups is 1. The molecule has 0 aliphatic rings. The fourth-order valence-corrected chi connectivity index (χ4v) is 1.09. The molecule has 0 bridgehead atoms. The Morgan fingerprint density at radius 2 is 1.18 bits per heavy atom. The van der Waals surface area contributed by atoms with Crippen LogP contribution in [0.15, 0.2) is 0 Å². The molecule has 0 amide bonds. The van der Waals surface area contributed by atoms with E-state index in [0.717, 1.165) is 0 Å². The fourth-order valence-electron chi connectivity index (χ4n) is 0.699. The van der Waals surface area contributed by atoms with Crippen molar-refractivity contribution >= 4 is 22.6 Å². The molecule has 17 heavy (non-hydrogen) atoms. The van der Waals surface area contributed by atoms with Crippen LogP contribution in [0.5, 0.6) is 0 Å². The molecule has 0 aromatic rings. The minimum absolute atomic E-state index is 0.461. The van der Waals surface area contributed by atoms with Crippen molar-refractivity contribution < 1.29 is 44.6 Å². The highest BCUT2D eigenvalue weighted by Crippen LogP contribution is 2.54. The standard InChI is InChI=1S/C6H4F9IO/c7-3(8,2(16)1-17)4(9,10)5(11,12)6(13,14)15/h2,17H,1H2. The molecule has 1 atom stereocenters. The van der Waals surface area contributed by atoms with E-state index in [-0.39, 0.29) is 0 Å². The predicted molar refractivity (Wildman–Crippen MR) is 45.8 cm³/mol. The molecule has 0 radical (unpaired) electrons. The van der Waals surface area contributed by atoms with Gasteiger partial charge in [0.1, 0.15) is 3.92 Å². The molecule has 104 valence electrons. The second-order valence-corrected chi connectivity index (χ2v) is 4.42. The highest BCUT2D eigenvalue weighted by atomic mass is 127. The van der Waals surface area contributed by atoms with Gasteiger partial charge in [0.05, 0.1) is 6.61 Å². The first-order valence-corrected chi connectivity index (χ1v) is 4.93. The number of alkyl halides is 10. The van der Waals surface area contributed by atoms with Gasteiger partial charge in [-0.3, -0.25) is 0 Å². The number of hydrogen-bond acceptors (Lipinski definition) is 1. The van der Waals surface area contributed by atoms with Gasteiger partial charge in [0.15, 0.2) is 0 Å². The normalized spacial score (nSPS) is 17.1. The average molecular weight is 390 g/mol. The lowest BCUT2D eigenvalue weighted by Crippen LogP contribution is -2.63. The first kappa shape index (κ1) is 17.1. The Balaban J connectivity index is 5.55. The number of hydrogen-bond donors (Lipinski definition) is 1. The van der Waals surface area contributed by atoms with E-state index in [4.69, 9.17) is 5.11 Å². The van der Waals surface area contributed by atoms with Crippen LogP contribution in [0, 0.1) is 0 Å². The number of rotatable bonds is 4. The fraction of sp³-hybridized carbons (Fsp3) is 1.00. The molecule has 0 spiro atoms. The van der Waals surface area contributed by atoms with E-state index in [0.29, 0.717) is 22.6 Å². The lowest BCUT2D eigenvalue weighted by Gasteiger charge is -2.35. The SMILES string of the molecule is OCC(I)C(F)(F)C(F)(F)C(F)(F)C(F)(F)F. The van der Waals surface area contributed by atoms with Crippen molar-refractivity contribution in [2.24, 2.45) is 0 Å². The summed E-state index contributed by atoms with van der Waals surface area (Å²) in [6.45, 7) is -1.68. The van der Waals surface area contributed by atoms with Crippen LogP contribution in [0.3, 0.4) is 0 Å². The highest BCUT2D eigenvalue weighted by molar-refractivity contribution is 14.1. The molecule has 0 aromatic carbocycles. The first-order chi connectivity index (χ1) is 7.23. The maximum absolute atomic E-state index is 12.7. The molecule has 1 nitrogen and oxygen atoms in total. The average Bonchev–Trinajstić information content (AvgIpc) is 2.13. The third kappa shape index (κ3) is 2.58. The molecule has 0 saturated carbocycles. The quantitative estimate of drug-likeness (QED) is 0.444. The summed E-state index contributed by atoms with van der Waals surface area (Å²) in [5.74, 6) is -19.3. The van der Waals surface area contributed by atoms with Crippen LogP contribution < -0.4 is 0 Å². The molecule has 1 unspecified atom stereocenters. The topological polar surface area (TPSA) is 20.2 Å². The van der Waals surface area contributed by atoms with Gasteiger partial charge in [-0.15, -0.1) is 0 Å². The Bertz CT molecular complexity index is 273. The summed E-state index contributed by atoms with van der Waals surface area (Å²) in [6, 6.07) is 0. The maximum Gasteiger partial charge on any atom is 0.460 e. The molecule has 0 saturated heterocycles. The first-order valence-electron chi connectivity index (χ1n) is 3.68. The monoisotopic (exact) mass is 390 g/mol. The zero-order valence-electron chi connectivity index (χ0n) is 7.51. The largest absolute Gasteiger partial charge is 0.460 e.